The van der Waals surface area contributed by atoms with Crippen molar-refractivity contribution in [3.8, 4) is 0 Å². The van der Waals surface area contributed by atoms with Crippen molar-refractivity contribution in [3.63, 3.8) is 0 Å². The molecule has 6 nitrogen and oxygen atoms in total. The molecule has 1 atom stereocenters. The van der Waals surface area contributed by atoms with Crippen molar-refractivity contribution in [1.29, 1.82) is 0 Å². The molecule has 1 aromatic rings. The van der Waals surface area contributed by atoms with Gasteiger partial charge in [0.1, 0.15) is 0 Å². The SMILES string of the molecule is CC(C)C(CN)(Cc1cn(C)nn1)C(=O)O. The molecule has 0 aliphatic rings. The second-order valence-corrected chi connectivity index (χ2v) is 4.38. The van der Waals surface area contributed by atoms with Gasteiger partial charge in [0.2, 0.25) is 0 Å². The topological polar surface area (TPSA) is 94.0 Å². The Morgan fingerprint density at radius 2 is 2.31 bits per heavy atom. The maximum absolute atomic E-state index is 11.4. The average molecular weight is 226 g/mol. The van der Waals surface area contributed by atoms with Crippen LogP contribution in [0.2, 0.25) is 0 Å². The van der Waals surface area contributed by atoms with Gasteiger partial charge in [-0.05, 0) is 5.92 Å². The Labute approximate surface area is 94.4 Å². The van der Waals surface area contributed by atoms with Gasteiger partial charge in [0.15, 0.2) is 0 Å². The number of nitrogens with two attached hydrogens (primary N) is 1. The lowest BCUT2D eigenvalue weighted by Gasteiger charge is -2.31. The first-order valence-corrected chi connectivity index (χ1v) is 5.21. The summed E-state index contributed by atoms with van der Waals surface area (Å²) in [6, 6.07) is 0. The lowest BCUT2D eigenvalue weighted by atomic mass is 9.74. The number of aryl methyl sites for hydroxylation is 1. The Hall–Kier alpha value is -1.43. The smallest absolute Gasteiger partial charge is 0.311 e. The van der Waals surface area contributed by atoms with Crippen LogP contribution < -0.4 is 5.73 Å². The molecule has 1 heterocycles. The van der Waals surface area contributed by atoms with E-state index in [1.807, 2.05) is 13.8 Å². The van der Waals surface area contributed by atoms with Crippen LogP contribution in [0.5, 0.6) is 0 Å². The molecule has 1 unspecified atom stereocenters. The van der Waals surface area contributed by atoms with Crippen molar-refractivity contribution in [3.05, 3.63) is 11.9 Å². The fourth-order valence-electron chi connectivity index (χ4n) is 1.72. The van der Waals surface area contributed by atoms with Gasteiger partial charge in [-0.3, -0.25) is 9.48 Å². The summed E-state index contributed by atoms with van der Waals surface area (Å²) >= 11 is 0. The number of carboxylic acids is 1. The normalized spacial score (nSPS) is 15.1. The monoisotopic (exact) mass is 226 g/mol. The highest BCUT2D eigenvalue weighted by molar-refractivity contribution is 5.75. The molecule has 6 heteroatoms. The first kappa shape index (κ1) is 12.6. The van der Waals surface area contributed by atoms with Crippen LogP contribution in [0.4, 0.5) is 0 Å². The third-order valence-corrected chi connectivity index (χ3v) is 3.04. The zero-order valence-electron chi connectivity index (χ0n) is 9.84. The van der Waals surface area contributed by atoms with Crippen LogP contribution in [0.25, 0.3) is 0 Å². The zero-order valence-corrected chi connectivity index (χ0v) is 9.84. The van der Waals surface area contributed by atoms with Crippen molar-refractivity contribution < 1.29 is 9.90 Å². The van der Waals surface area contributed by atoms with E-state index in [4.69, 9.17) is 5.73 Å². The van der Waals surface area contributed by atoms with E-state index < -0.39 is 11.4 Å². The predicted octanol–water partition coefficient (Wildman–Crippen LogP) is 0.0433. The van der Waals surface area contributed by atoms with Crippen LogP contribution >= 0.6 is 0 Å². The van der Waals surface area contributed by atoms with E-state index in [1.54, 1.807) is 17.9 Å². The molecule has 16 heavy (non-hydrogen) atoms. The predicted molar refractivity (Wildman–Crippen MR) is 58.7 cm³/mol. The highest BCUT2D eigenvalue weighted by Crippen LogP contribution is 2.30. The second-order valence-electron chi connectivity index (χ2n) is 4.38. The van der Waals surface area contributed by atoms with Crippen LogP contribution in [0.1, 0.15) is 19.5 Å². The summed E-state index contributed by atoms with van der Waals surface area (Å²) in [4.78, 5) is 11.4. The van der Waals surface area contributed by atoms with E-state index in [0.717, 1.165) is 0 Å². The van der Waals surface area contributed by atoms with Gasteiger partial charge in [-0.15, -0.1) is 5.10 Å². The highest BCUT2D eigenvalue weighted by atomic mass is 16.4. The fourth-order valence-corrected chi connectivity index (χ4v) is 1.72. The van der Waals surface area contributed by atoms with Crippen LogP contribution in [0.3, 0.4) is 0 Å². The Bertz CT molecular complexity index is 375. The number of hydrogen-bond acceptors (Lipinski definition) is 4. The molecule has 0 aliphatic carbocycles. The molecule has 0 radical (unpaired) electrons. The largest absolute Gasteiger partial charge is 0.481 e. The van der Waals surface area contributed by atoms with Gasteiger partial charge in [-0.25, -0.2) is 0 Å². The standard InChI is InChI=1S/C10H18N4O2/c1-7(2)10(6-11,9(15)16)4-8-5-14(3)13-12-8/h5,7H,4,6,11H2,1-3H3,(H,15,16). The molecular formula is C10H18N4O2. The van der Waals surface area contributed by atoms with E-state index in [2.05, 4.69) is 10.3 Å². The number of rotatable bonds is 5. The Balaban J connectivity index is 2.99. The Kier molecular flexibility index (Phi) is 3.64. The summed E-state index contributed by atoms with van der Waals surface area (Å²) in [7, 11) is 1.75. The van der Waals surface area contributed by atoms with Crippen molar-refractivity contribution in [2.24, 2.45) is 24.1 Å². The minimum atomic E-state index is -0.962. The average Bonchev–Trinajstić information content (AvgIpc) is 2.59. The number of aromatic nitrogens is 3. The first-order chi connectivity index (χ1) is 7.42. The van der Waals surface area contributed by atoms with Crippen molar-refractivity contribution in [1.82, 2.24) is 15.0 Å². The summed E-state index contributed by atoms with van der Waals surface area (Å²) in [6.45, 7) is 3.81. The van der Waals surface area contributed by atoms with Crippen molar-refractivity contribution in [2.45, 2.75) is 20.3 Å². The van der Waals surface area contributed by atoms with E-state index in [-0.39, 0.29) is 12.5 Å². The van der Waals surface area contributed by atoms with Crippen LogP contribution in [-0.4, -0.2) is 32.6 Å². The van der Waals surface area contributed by atoms with Crippen molar-refractivity contribution >= 4 is 5.97 Å². The summed E-state index contributed by atoms with van der Waals surface area (Å²) < 4.78 is 1.55. The molecular weight excluding hydrogens is 208 g/mol. The number of hydrogen-bond donors (Lipinski definition) is 2. The minimum Gasteiger partial charge on any atom is -0.481 e. The lowest BCUT2D eigenvalue weighted by Crippen LogP contribution is -2.45. The first-order valence-electron chi connectivity index (χ1n) is 5.21. The molecule has 0 aliphatic heterocycles. The number of aliphatic carboxylic acids is 1. The molecule has 0 aromatic carbocycles. The molecule has 3 N–H and O–H groups in total. The molecule has 0 amide bonds. The second kappa shape index (κ2) is 4.61. The molecule has 1 rings (SSSR count). The van der Waals surface area contributed by atoms with Gasteiger partial charge in [0.25, 0.3) is 0 Å². The zero-order chi connectivity index (χ0) is 12.3. The Morgan fingerprint density at radius 1 is 1.69 bits per heavy atom. The number of carbonyl (C=O) groups is 1. The van der Waals surface area contributed by atoms with Gasteiger partial charge in [0.05, 0.1) is 11.1 Å². The highest BCUT2D eigenvalue weighted by Gasteiger charge is 2.41. The van der Waals surface area contributed by atoms with Crippen LogP contribution in [-0.2, 0) is 18.3 Å². The van der Waals surface area contributed by atoms with E-state index in [0.29, 0.717) is 12.1 Å². The quantitative estimate of drug-likeness (QED) is 0.739. The molecule has 0 saturated carbocycles. The molecule has 1 aromatic heterocycles. The van der Waals surface area contributed by atoms with E-state index in [9.17, 15) is 9.90 Å². The third kappa shape index (κ3) is 2.21. The summed E-state index contributed by atoms with van der Waals surface area (Å²) in [5, 5.41) is 17.0. The summed E-state index contributed by atoms with van der Waals surface area (Å²) in [5.74, 6) is -0.937. The van der Waals surface area contributed by atoms with Gasteiger partial charge >= 0.3 is 5.97 Å². The van der Waals surface area contributed by atoms with Gasteiger partial charge in [-0.1, -0.05) is 19.1 Å². The molecule has 0 saturated heterocycles. The summed E-state index contributed by atoms with van der Waals surface area (Å²) in [6.07, 6.45) is 2.03. The maximum Gasteiger partial charge on any atom is 0.311 e. The summed E-state index contributed by atoms with van der Waals surface area (Å²) in [5.41, 5.74) is 5.32. The lowest BCUT2D eigenvalue weighted by molar-refractivity contribution is -0.151. The molecule has 0 bridgehead atoms. The number of nitrogens with zero attached hydrogens (tertiary/aromatic N) is 3. The van der Waals surface area contributed by atoms with E-state index >= 15 is 0 Å². The minimum absolute atomic E-state index is 0.0583. The fraction of sp³-hybridized carbons (Fsp3) is 0.700. The third-order valence-electron chi connectivity index (χ3n) is 3.04. The molecule has 0 fully saturated rings. The van der Waals surface area contributed by atoms with E-state index in [1.165, 1.54) is 0 Å². The van der Waals surface area contributed by atoms with Crippen LogP contribution in [0, 0.1) is 11.3 Å². The number of carboxylic acid groups (broad SMARTS) is 1. The van der Waals surface area contributed by atoms with Crippen molar-refractivity contribution in [2.75, 3.05) is 6.54 Å². The molecule has 90 valence electrons. The van der Waals surface area contributed by atoms with Gasteiger partial charge < -0.3 is 10.8 Å². The molecule has 0 spiro atoms. The van der Waals surface area contributed by atoms with Gasteiger partial charge in [0, 0.05) is 26.2 Å². The van der Waals surface area contributed by atoms with Gasteiger partial charge in [-0.2, -0.15) is 0 Å². The van der Waals surface area contributed by atoms with Crippen LogP contribution in [0.15, 0.2) is 6.20 Å². The maximum atomic E-state index is 11.4. The Morgan fingerprint density at radius 3 is 2.62 bits per heavy atom.